The van der Waals surface area contributed by atoms with Gasteiger partial charge in [-0.2, -0.15) is 0 Å². The van der Waals surface area contributed by atoms with Crippen LogP contribution in [0.3, 0.4) is 0 Å². The van der Waals surface area contributed by atoms with Gasteiger partial charge >= 0.3 is 0 Å². The van der Waals surface area contributed by atoms with Crippen molar-refractivity contribution in [2.75, 3.05) is 0 Å². The number of nitrogens with zero attached hydrogens (tertiary/aromatic N) is 1. The molecule has 0 saturated heterocycles. The predicted octanol–water partition coefficient (Wildman–Crippen LogP) is 3.42. The quantitative estimate of drug-likeness (QED) is 0.664. The maximum absolute atomic E-state index is 12.7. The van der Waals surface area contributed by atoms with Gasteiger partial charge in [0.25, 0.3) is 5.56 Å². The summed E-state index contributed by atoms with van der Waals surface area (Å²) in [6, 6.07) is 20.0. The second kappa shape index (κ2) is 9.13. The number of aromatic nitrogens is 2. The first-order valence-corrected chi connectivity index (χ1v) is 9.47. The van der Waals surface area contributed by atoms with Crippen LogP contribution in [0.25, 0.3) is 0 Å². The van der Waals surface area contributed by atoms with Gasteiger partial charge in [-0.1, -0.05) is 60.7 Å². The van der Waals surface area contributed by atoms with Crippen molar-refractivity contribution >= 4 is 5.91 Å². The highest BCUT2D eigenvalue weighted by atomic mass is 16.2. The molecule has 2 N–H and O–H groups in total. The number of benzene rings is 2. The molecule has 0 spiro atoms. The summed E-state index contributed by atoms with van der Waals surface area (Å²) < 4.78 is 0. The first-order valence-electron chi connectivity index (χ1n) is 9.47. The van der Waals surface area contributed by atoms with Crippen LogP contribution in [0, 0.1) is 13.8 Å². The first kappa shape index (κ1) is 19.5. The molecule has 1 heterocycles. The van der Waals surface area contributed by atoms with Crippen molar-refractivity contribution in [1.82, 2.24) is 15.3 Å². The molecule has 0 fully saturated rings. The molecular weight excluding hydrogens is 350 g/mol. The summed E-state index contributed by atoms with van der Waals surface area (Å²) in [7, 11) is 0. The third-order valence-corrected chi connectivity index (χ3v) is 4.78. The molecule has 1 aromatic heterocycles. The number of hydrogen-bond donors (Lipinski definition) is 2. The molecule has 144 valence electrons. The monoisotopic (exact) mass is 375 g/mol. The van der Waals surface area contributed by atoms with Crippen LogP contribution in [-0.4, -0.2) is 15.9 Å². The lowest BCUT2D eigenvalue weighted by molar-refractivity contribution is -0.121. The molecule has 1 amide bonds. The van der Waals surface area contributed by atoms with E-state index in [1.54, 1.807) is 13.8 Å². The second-order valence-corrected chi connectivity index (χ2v) is 6.95. The number of rotatable bonds is 7. The van der Waals surface area contributed by atoms with Crippen molar-refractivity contribution in [2.45, 2.75) is 39.2 Å². The number of H-pyrrole nitrogens is 1. The van der Waals surface area contributed by atoms with E-state index in [2.05, 4.69) is 27.4 Å². The smallest absolute Gasteiger partial charge is 0.254 e. The zero-order valence-electron chi connectivity index (χ0n) is 16.2. The minimum absolute atomic E-state index is 0.0170. The van der Waals surface area contributed by atoms with E-state index in [9.17, 15) is 9.59 Å². The van der Waals surface area contributed by atoms with Gasteiger partial charge in [0, 0.05) is 11.3 Å². The lowest BCUT2D eigenvalue weighted by Gasteiger charge is -2.20. The van der Waals surface area contributed by atoms with E-state index in [1.165, 1.54) is 5.56 Å². The lowest BCUT2D eigenvalue weighted by atomic mass is 9.98. The fraction of sp³-hybridized carbons (Fsp3) is 0.261. The number of amides is 1. The minimum atomic E-state index is -0.249. The predicted molar refractivity (Wildman–Crippen MR) is 110 cm³/mol. The van der Waals surface area contributed by atoms with E-state index < -0.39 is 0 Å². The molecule has 0 saturated carbocycles. The molecule has 0 aliphatic heterocycles. The van der Waals surface area contributed by atoms with Gasteiger partial charge in [-0.05, 0) is 37.8 Å². The van der Waals surface area contributed by atoms with Crippen LogP contribution in [0.5, 0.6) is 0 Å². The van der Waals surface area contributed by atoms with Gasteiger partial charge < -0.3 is 10.3 Å². The summed E-state index contributed by atoms with van der Waals surface area (Å²) in [5, 5.41) is 3.10. The highest BCUT2D eigenvalue weighted by molar-refractivity contribution is 5.79. The molecule has 28 heavy (non-hydrogen) atoms. The normalized spacial score (nSPS) is 11.8. The highest BCUT2D eigenvalue weighted by Crippen LogP contribution is 2.19. The van der Waals surface area contributed by atoms with Crippen LogP contribution < -0.4 is 10.9 Å². The Hall–Kier alpha value is -3.21. The van der Waals surface area contributed by atoms with Crippen molar-refractivity contribution in [3.8, 4) is 0 Å². The Kier molecular flexibility index (Phi) is 6.37. The highest BCUT2D eigenvalue weighted by Gasteiger charge is 2.17. The van der Waals surface area contributed by atoms with Crippen molar-refractivity contribution in [1.29, 1.82) is 0 Å². The molecule has 1 atom stereocenters. The van der Waals surface area contributed by atoms with Crippen LogP contribution in [0.15, 0.2) is 65.5 Å². The van der Waals surface area contributed by atoms with E-state index in [4.69, 9.17) is 0 Å². The first-order chi connectivity index (χ1) is 13.5. The van der Waals surface area contributed by atoms with E-state index in [-0.39, 0.29) is 23.9 Å². The maximum atomic E-state index is 12.7. The van der Waals surface area contributed by atoms with Crippen LogP contribution in [-0.2, 0) is 17.6 Å². The number of nitrogens with one attached hydrogen (secondary N) is 2. The van der Waals surface area contributed by atoms with E-state index in [0.29, 0.717) is 17.1 Å². The van der Waals surface area contributed by atoms with Crippen molar-refractivity contribution < 1.29 is 4.79 Å². The summed E-state index contributed by atoms with van der Waals surface area (Å²) in [5.41, 5.74) is 3.04. The molecule has 2 aromatic carbocycles. The van der Waals surface area contributed by atoms with E-state index in [1.807, 2.05) is 48.5 Å². The summed E-state index contributed by atoms with van der Waals surface area (Å²) in [6.07, 6.45) is 1.65. The van der Waals surface area contributed by atoms with Gasteiger partial charge in [0.05, 0.1) is 12.5 Å². The Morgan fingerprint density at radius 2 is 1.68 bits per heavy atom. The van der Waals surface area contributed by atoms with Crippen LogP contribution >= 0.6 is 0 Å². The largest absolute Gasteiger partial charge is 0.349 e. The zero-order chi connectivity index (χ0) is 19.9. The van der Waals surface area contributed by atoms with E-state index in [0.717, 1.165) is 18.4 Å². The standard InChI is InChI=1S/C23H25N3O2/c1-16-20(23(28)25-17(2)24-16)15-22(27)26-21(19-11-7-4-8-12-19)14-13-18-9-5-3-6-10-18/h3-12,21H,13-15H2,1-2H3,(H,26,27)(H,24,25,28)/t21-/m0/s1. The average molecular weight is 375 g/mol. The van der Waals surface area contributed by atoms with Crippen LogP contribution in [0.1, 0.15) is 40.7 Å². The molecule has 0 bridgehead atoms. The van der Waals surface area contributed by atoms with Crippen molar-refractivity contribution in [3.05, 3.63) is 99.2 Å². The summed E-state index contributed by atoms with van der Waals surface area (Å²) in [4.78, 5) is 31.8. The molecule has 5 heteroatoms. The minimum Gasteiger partial charge on any atom is -0.349 e. The SMILES string of the molecule is Cc1nc(C)c(CC(=O)N[C@@H](CCc2ccccc2)c2ccccc2)c(=O)[nH]1. The third-order valence-electron chi connectivity index (χ3n) is 4.78. The molecule has 0 radical (unpaired) electrons. The number of aryl methyl sites for hydroxylation is 3. The number of carbonyl (C=O) groups is 1. The molecule has 0 aliphatic rings. The van der Waals surface area contributed by atoms with Gasteiger partial charge in [-0.15, -0.1) is 0 Å². The number of carbonyl (C=O) groups excluding carboxylic acids is 1. The van der Waals surface area contributed by atoms with E-state index >= 15 is 0 Å². The van der Waals surface area contributed by atoms with Gasteiger partial charge in [0.1, 0.15) is 5.82 Å². The zero-order valence-corrected chi connectivity index (χ0v) is 16.2. The molecule has 0 aliphatic carbocycles. The Bertz CT molecular complexity index is 982. The van der Waals surface area contributed by atoms with Crippen molar-refractivity contribution in [3.63, 3.8) is 0 Å². The van der Waals surface area contributed by atoms with Gasteiger partial charge in [0.15, 0.2) is 0 Å². The van der Waals surface area contributed by atoms with Crippen molar-refractivity contribution in [2.24, 2.45) is 0 Å². The summed E-state index contributed by atoms with van der Waals surface area (Å²) in [5.74, 6) is 0.373. The maximum Gasteiger partial charge on any atom is 0.254 e. The second-order valence-electron chi connectivity index (χ2n) is 6.95. The molecule has 5 nitrogen and oxygen atoms in total. The molecule has 0 unspecified atom stereocenters. The summed E-state index contributed by atoms with van der Waals surface area (Å²) in [6.45, 7) is 3.49. The van der Waals surface area contributed by atoms with Gasteiger partial charge in [0.2, 0.25) is 5.91 Å². The molecule has 3 rings (SSSR count). The lowest BCUT2D eigenvalue weighted by Crippen LogP contribution is -2.32. The van der Waals surface area contributed by atoms with Crippen LogP contribution in [0.4, 0.5) is 0 Å². The molecular formula is C23H25N3O2. The Balaban J connectivity index is 1.74. The Morgan fingerprint density at radius 3 is 2.32 bits per heavy atom. The average Bonchev–Trinajstić information content (AvgIpc) is 2.69. The number of hydrogen-bond acceptors (Lipinski definition) is 3. The van der Waals surface area contributed by atoms with Crippen LogP contribution in [0.2, 0.25) is 0 Å². The number of aromatic amines is 1. The van der Waals surface area contributed by atoms with Gasteiger partial charge in [-0.25, -0.2) is 4.98 Å². The Morgan fingerprint density at radius 1 is 1.04 bits per heavy atom. The fourth-order valence-corrected chi connectivity index (χ4v) is 3.33. The Labute approximate surface area is 164 Å². The third kappa shape index (κ3) is 5.16. The van der Waals surface area contributed by atoms with Gasteiger partial charge in [-0.3, -0.25) is 9.59 Å². The summed E-state index contributed by atoms with van der Waals surface area (Å²) >= 11 is 0. The molecule has 3 aromatic rings. The fourth-order valence-electron chi connectivity index (χ4n) is 3.33. The topological polar surface area (TPSA) is 74.8 Å².